The molecule has 2 aliphatic heterocycles. The van der Waals surface area contributed by atoms with Crippen molar-refractivity contribution in [1.82, 2.24) is 19.8 Å². The van der Waals surface area contributed by atoms with Crippen LogP contribution >= 0.6 is 11.8 Å². The number of nitrogens with one attached hydrogen (secondary N) is 1. The number of nitrogens with zero attached hydrogens (tertiary/aromatic N) is 3. The van der Waals surface area contributed by atoms with Crippen LogP contribution in [0.25, 0.3) is 10.9 Å². The molecule has 2 aromatic carbocycles. The number of benzene rings is 2. The molecular formula is C29H34N4O5S. The Hall–Kier alpha value is -3.05. The quantitative estimate of drug-likeness (QED) is 0.168. The van der Waals surface area contributed by atoms with Crippen molar-refractivity contribution in [3.8, 4) is 0 Å². The molecule has 0 aliphatic carbocycles. The van der Waals surface area contributed by atoms with Gasteiger partial charge in [0.2, 0.25) is 0 Å². The van der Waals surface area contributed by atoms with Gasteiger partial charge in [-0.2, -0.15) is 0 Å². The molecule has 9 nitrogen and oxygen atoms in total. The number of morpholine rings is 1. The van der Waals surface area contributed by atoms with E-state index in [0.717, 1.165) is 52.1 Å². The summed E-state index contributed by atoms with van der Waals surface area (Å²) in [5, 5.41) is 3.87. The highest BCUT2D eigenvalue weighted by Crippen LogP contribution is 2.22. The molecule has 2 saturated heterocycles. The zero-order valence-electron chi connectivity index (χ0n) is 22.0. The molecule has 1 atom stereocenters. The van der Waals surface area contributed by atoms with E-state index in [1.165, 1.54) is 11.8 Å². The summed E-state index contributed by atoms with van der Waals surface area (Å²) in [6.07, 6.45) is 2.62. The van der Waals surface area contributed by atoms with Crippen LogP contribution in [0.5, 0.6) is 0 Å². The van der Waals surface area contributed by atoms with Gasteiger partial charge in [0.15, 0.2) is 10.9 Å². The summed E-state index contributed by atoms with van der Waals surface area (Å²) >= 11 is 1.24. The average Bonchev–Trinajstić information content (AvgIpc) is 3.49. The Morgan fingerprint density at radius 1 is 1.05 bits per heavy atom. The van der Waals surface area contributed by atoms with Gasteiger partial charge in [-0.15, -0.1) is 0 Å². The third kappa shape index (κ3) is 7.13. The van der Waals surface area contributed by atoms with Crippen LogP contribution in [0.15, 0.2) is 58.5 Å². The largest absolute Gasteiger partial charge is 0.379 e. The molecule has 3 aromatic rings. The highest BCUT2D eigenvalue weighted by atomic mass is 32.2. The minimum Gasteiger partial charge on any atom is -0.379 e. The van der Waals surface area contributed by atoms with E-state index in [9.17, 15) is 14.4 Å². The van der Waals surface area contributed by atoms with Gasteiger partial charge < -0.3 is 14.8 Å². The summed E-state index contributed by atoms with van der Waals surface area (Å²) in [5.41, 5.74) is 1.32. The number of rotatable bonds is 11. The van der Waals surface area contributed by atoms with Crippen molar-refractivity contribution >= 4 is 34.4 Å². The first-order valence-electron chi connectivity index (χ1n) is 13.5. The summed E-state index contributed by atoms with van der Waals surface area (Å²) < 4.78 is 12.8. The number of amides is 1. The van der Waals surface area contributed by atoms with Crippen LogP contribution in [-0.4, -0.2) is 84.0 Å². The van der Waals surface area contributed by atoms with E-state index in [-0.39, 0.29) is 29.1 Å². The van der Waals surface area contributed by atoms with Crippen molar-refractivity contribution in [1.29, 1.82) is 0 Å². The molecule has 1 amide bonds. The molecule has 2 fully saturated rings. The summed E-state index contributed by atoms with van der Waals surface area (Å²) in [6, 6.07) is 14.1. The maximum absolute atomic E-state index is 13.5. The van der Waals surface area contributed by atoms with Gasteiger partial charge in [-0.25, -0.2) is 4.98 Å². The second-order valence-corrected chi connectivity index (χ2v) is 10.8. The smallest absolute Gasteiger partial charge is 0.262 e. The molecule has 5 rings (SSSR count). The standard InChI is InChI=1S/C29H34N4O5S/c34-26(21-6-2-1-3-7-21)20-39-29-31-25-18-22(27(35)30-11-5-12-32-13-16-37-17-14-32)9-10-24(25)28(36)33(29)19-23-8-4-15-38-23/h1-3,6-7,9-10,18,23H,4-5,8,11-17,19-20H2,(H,30,35)/t23-/m1/s1. The third-order valence-corrected chi connectivity index (χ3v) is 8.04. The van der Waals surface area contributed by atoms with Crippen LogP contribution in [-0.2, 0) is 16.0 Å². The monoisotopic (exact) mass is 550 g/mol. The number of thioether (sulfide) groups is 1. The maximum Gasteiger partial charge on any atom is 0.262 e. The Labute approximate surface area is 231 Å². The van der Waals surface area contributed by atoms with Crippen LogP contribution in [0.2, 0.25) is 0 Å². The summed E-state index contributed by atoms with van der Waals surface area (Å²) in [4.78, 5) is 46.3. The van der Waals surface area contributed by atoms with Crippen molar-refractivity contribution in [2.24, 2.45) is 0 Å². The average molecular weight is 551 g/mol. The second kappa shape index (κ2) is 13.3. The Balaban J connectivity index is 1.32. The molecule has 3 heterocycles. The molecule has 1 N–H and O–H groups in total. The first-order valence-corrected chi connectivity index (χ1v) is 14.5. The summed E-state index contributed by atoms with van der Waals surface area (Å²) in [6.45, 7) is 5.90. The van der Waals surface area contributed by atoms with Crippen molar-refractivity contribution in [2.45, 2.75) is 37.1 Å². The topological polar surface area (TPSA) is 103 Å². The zero-order valence-corrected chi connectivity index (χ0v) is 22.8. The molecule has 0 unspecified atom stereocenters. The van der Waals surface area contributed by atoms with Crippen molar-refractivity contribution < 1.29 is 19.1 Å². The molecule has 10 heteroatoms. The number of carbonyl (C=O) groups is 2. The number of ether oxygens (including phenoxy) is 2. The Morgan fingerprint density at radius 3 is 2.64 bits per heavy atom. The number of Topliss-reactive ketones (excluding diaryl/α,β-unsaturated/α-hetero) is 1. The van der Waals surface area contributed by atoms with Gasteiger partial charge in [0.1, 0.15) is 0 Å². The molecule has 0 bridgehead atoms. The van der Waals surface area contributed by atoms with Crippen molar-refractivity contribution in [2.75, 3.05) is 51.8 Å². The van der Waals surface area contributed by atoms with E-state index in [0.29, 0.717) is 46.9 Å². The van der Waals surface area contributed by atoms with Crippen LogP contribution in [0.4, 0.5) is 0 Å². The second-order valence-electron chi connectivity index (χ2n) is 9.82. The van der Waals surface area contributed by atoms with Crippen LogP contribution < -0.4 is 10.9 Å². The van der Waals surface area contributed by atoms with Crippen LogP contribution in [0.1, 0.15) is 40.0 Å². The van der Waals surface area contributed by atoms with Gasteiger partial charge in [-0.1, -0.05) is 42.1 Å². The lowest BCUT2D eigenvalue weighted by Crippen LogP contribution is -2.38. The molecule has 0 spiro atoms. The van der Waals surface area contributed by atoms with E-state index < -0.39 is 0 Å². The predicted octanol–water partition coefficient (Wildman–Crippen LogP) is 3.00. The Bertz CT molecular complexity index is 1350. The number of hydrogen-bond acceptors (Lipinski definition) is 8. The molecule has 1 aromatic heterocycles. The number of hydrogen-bond donors (Lipinski definition) is 1. The molecule has 206 valence electrons. The van der Waals surface area contributed by atoms with E-state index >= 15 is 0 Å². The predicted molar refractivity (Wildman–Crippen MR) is 151 cm³/mol. The lowest BCUT2D eigenvalue weighted by molar-refractivity contribution is 0.0374. The van der Waals surface area contributed by atoms with Crippen LogP contribution in [0, 0.1) is 0 Å². The van der Waals surface area contributed by atoms with E-state index in [2.05, 4.69) is 10.2 Å². The summed E-state index contributed by atoms with van der Waals surface area (Å²) in [7, 11) is 0. The van der Waals surface area contributed by atoms with Gasteiger partial charge in [0.25, 0.3) is 11.5 Å². The van der Waals surface area contributed by atoms with Crippen molar-refractivity contribution in [3.63, 3.8) is 0 Å². The fourth-order valence-corrected chi connectivity index (χ4v) is 5.78. The van der Waals surface area contributed by atoms with Crippen molar-refractivity contribution in [3.05, 3.63) is 70.0 Å². The first-order chi connectivity index (χ1) is 19.1. The SMILES string of the molecule is O=C(CSc1nc2cc(C(=O)NCCCN3CCOCC3)ccc2c(=O)n1C[C@H]1CCCO1)c1ccccc1. The Morgan fingerprint density at radius 2 is 1.87 bits per heavy atom. The summed E-state index contributed by atoms with van der Waals surface area (Å²) in [5.74, 6) is -0.0851. The number of carbonyl (C=O) groups excluding carboxylic acids is 2. The molecule has 2 aliphatic rings. The van der Waals surface area contributed by atoms with Gasteiger partial charge in [0, 0.05) is 37.4 Å². The fourth-order valence-electron chi connectivity index (χ4n) is 4.87. The molecular weight excluding hydrogens is 516 g/mol. The molecule has 0 saturated carbocycles. The van der Waals surface area contributed by atoms with Gasteiger partial charge in [-0.05, 0) is 44.0 Å². The number of fused-ring (bicyclic) bond motifs is 1. The highest BCUT2D eigenvalue weighted by molar-refractivity contribution is 7.99. The molecule has 39 heavy (non-hydrogen) atoms. The third-order valence-electron chi connectivity index (χ3n) is 7.06. The lowest BCUT2D eigenvalue weighted by Gasteiger charge is -2.26. The Kier molecular flexibility index (Phi) is 9.41. The maximum atomic E-state index is 13.5. The number of ketones is 1. The van der Waals surface area contributed by atoms with E-state index in [1.54, 1.807) is 34.9 Å². The number of aromatic nitrogens is 2. The normalized spacial score (nSPS) is 17.9. The van der Waals surface area contributed by atoms with Gasteiger partial charge >= 0.3 is 0 Å². The highest BCUT2D eigenvalue weighted by Gasteiger charge is 2.21. The fraction of sp³-hybridized carbons (Fsp3) is 0.448. The van der Waals surface area contributed by atoms with E-state index in [4.69, 9.17) is 14.5 Å². The van der Waals surface area contributed by atoms with Gasteiger partial charge in [-0.3, -0.25) is 23.9 Å². The van der Waals surface area contributed by atoms with Gasteiger partial charge in [0.05, 0.1) is 42.5 Å². The lowest BCUT2D eigenvalue weighted by atomic mass is 10.1. The van der Waals surface area contributed by atoms with Crippen LogP contribution in [0.3, 0.4) is 0 Å². The molecule has 0 radical (unpaired) electrons. The minimum atomic E-state index is -0.197. The first kappa shape index (κ1) is 27.5. The van der Waals surface area contributed by atoms with E-state index in [1.807, 2.05) is 18.2 Å². The zero-order chi connectivity index (χ0) is 27.0. The minimum absolute atomic E-state index is 0.0381.